The Hall–Kier alpha value is -0.495. The molecule has 2 heteroatoms. The summed E-state index contributed by atoms with van der Waals surface area (Å²) < 4.78 is 2.63. The first-order valence-electron chi connectivity index (χ1n) is 11.1. The molecule has 0 unspecified atom stereocenters. The molecule has 2 rings (SSSR count). The lowest BCUT2D eigenvalue weighted by Gasteiger charge is -2.27. The molecular weight excluding hydrogens is 390 g/mol. The van der Waals surface area contributed by atoms with Gasteiger partial charge in [-0.2, -0.15) is 0 Å². The minimum Gasteiger partial charge on any atom is -0.135 e. The molecule has 0 aliphatic heterocycles. The van der Waals surface area contributed by atoms with Crippen LogP contribution in [0, 0.1) is 0 Å². The molecule has 0 heterocycles. The molecule has 0 aliphatic carbocycles. The van der Waals surface area contributed by atoms with Gasteiger partial charge in [0.1, 0.15) is 0 Å². The Morgan fingerprint density at radius 3 is 0.900 bits per heavy atom. The van der Waals surface area contributed by atoms with Crippen molar-refractivity contribution in [1.82, 2.24) is 0 Å². The summed E-state index contributed by atoms with van der Waals surface area (Å²) in [4.78, 5) is 0. The van der Waals surface area contributed by atoms with Gasteiger partial charge in [0, 0.05) is 0 Å². The maximum atomic E-state index is 2.84. The lowest BCUT2D eigenvalue weighted by atomic mass is 9.81. The Labute approximate surface area is 204 Å². The third kappa shape index (κ3) is 7.88. The Balaban J connectivity index is 0.000000300. The van der Waals surface area contributed by atoms with Crippen molar-refractivity contribution in [3.63, 3.8) is 0 Å². The van der Waals surface area contributed by atoms with E-state index < -0.39 is 0 Å². The average molecular weight is 433 g/mol. The van der Waals surface area contributed by atoms with Crippen LogP contribution in [0.1, 0.15) is 105 Å². The van der Waals surface area contributed by atoms with Gasteiger partial charge in [-0.3, -0.25) is 0 Å². The second-order valence-electron chi connectivity index (χ2n) is 12.6. The molecule has 0 N–H and O–H groups in total. The molecule has 0 saturated heterocycles. The van der Waals surface area contributed by atoms with E-state index in [0.29, 0.717) is 0 Å². The van der Waals surface area contributed by atoms with Crippen molar-refractivity contribution in [2.45, 2.75) is 105 Å². The van der Waals surface area contributed by atoms with E-state index in [1.54, 1.807) is 0 Å². The molecule has 160 valence electrons. The van der Waals surface area contributed by atoms with Crippen LogP contribution in [-0.2, 0) is 21.7 Å². The molecule has 0 aliphatic rings. The smallest absolute Gasteiger partial charge is 0.135 e. The molecule has 0 atom stereocenters. The molecule has 0 fully saturated rings. The standard InChI is InChI=1S/2C14H21.2Al/c2*1-13(2,3)11-8-7-9-12(10-11)14(4,5)6;;/h2*7-8,10H,1-6H3;;. The fourth-order valence-corrected chi connectivity index (χ4v) is 4.57. The van der Waals surface area contributed by atoms with Crippen molar-refractivity contribution >= 4 is 41.4 Å². The van der Waals surface area contributed by atoms with Gasteiger partial charge in [-0.05, 0) is 32.8 Å². The first-order chi connectivity index (χ1) is 13.2. The van der Waals surface area contributed by atoms with E-state index in [0.717, 1.165) is 0 Å². The third-order valence-corrected chi connectivity index (χ3v) is 6.46. The summed E-state index contributed by atoms with van der Waals surface area (Å²) in [6.07, 6.45) is 0. The highest BCUT2D eigenvalue weighted by molar-refractivity contribution is 6.33. The topological polar surface area (TPSA) is 0 Å². The van der Waals surface area contributed by atoms with E-state index in [4.69, 9.17) is 0 Å². The second-order valence-corrected chi connectivity index (χ2v) is 13.8. The van der Waals surface area contributed by atoms with Gasteiger partial charge in [-0.25, -0.2) is 0 Å². The molecule has 0 amide bonds. The first kappa shape index (κ1) is 27.5. The van der Waals surface area contributed by atoms with Crippen molar-refractivity contribution in [3.05, 3.63) is 58.7 Å². The summed E-state index contributed by atoms with van der Waals surface area (Å²) in [5.74, 6) is 0. The minimum absolute atomic E-state index is 0.221. The van der Waals surface area contributed by atoms with Gasteiger partial charge in [0.15, 0.2) is 32.6 Å². The van der Waals surface area contributed by atoms with Crippen LogP contribution in [0.3, 0.4) is 0 Å². The van der Waals surface area contributed by atoms with Crippen molar-refractivity contribution in [2.24, 2.45) is 0 Å². The zero-order chi connectivity index (χ0) is 23.7. The molecule has 0 aromatic heterocycles. The van der Waals surface area contributed by atoms with E-state index in [1.165, 1.54) is 31.1 Å². The molecule has 4 radical (unpaired) electrons. The fraction of sp³-hybridized carbons (Fsp3) is 0.571. The molecule has 0 saturated carbocycles. The summed E-state index contributed by atoms with van der Waals surface area (Å²) >= 11 is 5.68. The Morgan fingerprint density at radius 2 is 0.700 bits per heavy atom. The van der Waals surface area contributed by atoms with E-state index in [2.05, 4.69) is 152 Å². The zero-order valence-electron chi connectivity index (χ0n) is 21.6. The SMILES string of the molecule is CC(C)(C)c1cc[c]([Al])c(C(C)(C)C)c1.CC(C)(C)c1cc[c]([Al])c(C(C)(C)C)c1. The monoisotopic (exact) mass is 432 g/mol. The highest BCUT2D eigenvalue weighted by atomic mass is 27.1. The minimum atomic E-state index is 0.221. The normalized spacial score (nSPS) is 12.9. The molecule has 0 nitrogen and oxygen atoms in total. The van der Waals surface area contributed by atoms with Crippen LogP contribution >= 0.6 is 0 Å². The van der Waals surface area contributed by atoms with Crippen molar-refractivity contribution in [3.8, 4) is 0 Å². The van der Waals surface area contributed by atoms with E-state index in [1.807, 2.05) is 0 Å². The highest BCUT2D eigenvalue weighted by Crippen LogP contribution is 2.28. The number of benzene rings is 2. The summed E-state index contributed by atoms with van der Waals surface area (Å²) in [7, 11) is 0. The van der Waals surface area contributed by atoms with Gasteiger partial charge in [0.25, 0.3) is 0 Å². The van der Waals surface area contributed by atoms with Crippen LogP contribution in [0.4, 0.5) is 0 Å². The maximum absolute atomic E-state index is 2.84. The van der Waals surface area contributed by atoms with Gasteiger partial charge >= 0.3 is 0 Å². The summed E-state index contributed by atoms with van der Waals surface area (Å²) in [6, 6.07) is 13.6. The van der Waals surface area contributed by atoms with Gasteiger partial charge in [-0.15, -0.1) is 8.85 Å². The van der Waals surface area contributed by atoms with Crippen LogP contribution in [0.5, 0.6) is 0 Å². The highest BCUT2D eigenvalue weighted by Gasteiger charge is 2.21. The van der Waals surface area contributed by atoms with Crippen LogP contribution in [-0.4, -0.2) is 32.6 Å². The average Bonchev–Trinajstić information content (AvgIpc) is 2.51. The molecular formula is C28H42Al2. The van der Waals surface area contributed by atoms with Crippen LogP contribution in [0.25, 0.3) is 0 Å². The first-order valence-corrected chi connectivity index (χ1v) is 12.2. The Kier molecular flexibility index (Phi) is 8.77. The second kappa shape index (κ2) is 9.56. The summed E-state index contributed by atoms with van der Waals surface area (Å²) in [5, 5.41) is 0. The van der Waals surface area contributed by atoms with Crippen LogP contribution in [0.2, 0.25) is 0 Å². The number of rotatable bonds is 0. The summed E-state index contributed by atoms with van der Waals surface area (Å²) in [6.45, 7) is 27.2. The fourth-order valence-electron chi connectivity index (χ4n) is 3.34. The van der Waals surface area contributed by atoms with Gasteiger partial charge in [-0.1, -0.05) is 131 Å². The van der Waals surface area contributed by atoms with Crippen molar-refractivity contribution in [1.29, 1.82) is 0 Å². The number of hydrogen-bond acceptors (Lipinski definition) is 0. The van der Waals surface area contributed by atoms with E-state index >= 15 is 0 Å². The Bertz CT molecular complexity index is 775. The molecule has 0 bridgehead atoms. The predicted octanol–water partition coefficient (Wildman–Crippen LogP) is 6.15. The van der Waals surface area contributed by atoms with Gasteiger partial charge in [0.05, 0.1) is 0 Å². The maximum Gasteiger partial charge on any atom is 0.176 e. The van der Waals surface area contributed by atoms with Crippen LogP contribution in [0.15, 0.2) is 36.4 Å². The lowest BCUT2D eigenvalue weighted by molar-refractivity contribution is 0.570. The van der Waals surface area contributed by atoms with Gasteiger partial charge in [0.2, 0.25) is 0 Å². The quantitative estimate of drug-likeness (QED) is 0.438. The molecule has 2 aromatic carbocycles. The Morgan fingerprint density at radius 1 is 0.433 bits per heavy atom. The lowest BCUT2D eigenvalue weighted by Crippen LogP contribution is -2.25. The van der Waals surface area contributed by atoms with Crippen LogP contribution < -0.4 is 8.85 Å². The number of hydrogen-bond donors (Lipinski definition) is 0. The van der Waals surface area contributed by atoms with Crippen molar-refractivity contribution in [2.75, 3.05) is 0 Å². The third-order valence-electron chi connectivity index (χ3n) is 5.45. The van der Waals surface area contributed by atoms with Gasteiger partial charge < -0.3 is 0 Å². The predicted molar refractivity (Wildman–Crippen MR) is 138 cm³/mol. The van der Waals surface area contributed by atoms with Crippen molar-refractivity contribution < 1.29 is 0 Å². The largest absolute Gasteiger partial charge is 0.176 e. The van der Waals surface area contributed by atoms with E-state index in [-0.39, 0.29) is 21.7 Å². The van der Waals surface area contributed by atoms with E-state index in [9.17, 15) is 0 Å². The molecule has 2 aromatic rings. The summed E-state index contributed by atoms with van der Waals surface area (Å²) in [5.41, 5.74) is 6.60. The molecule has 0 spiro atoms. The zero-order valence-corrected chi connectivity index (χ0v) is 23.9. The molecule has 30 heavy (non-hydrogen) atoms.